The third-order valence-corrected chi connectivity index (χ3v) is 4.77. The van der Waals surface area contributed by atoms with Crippen molar-refractivity contribution in [3.63, 3.8) is 0 Å². The second-order valence-corrected chi connectivity index (χ2v) is 7.20. The first-order chi connectivity index (χ1) is 12.0. The summed E-state index contributed by atoms with van der Waals surface area (Å²) >= 11 is 0. The molecule has 0 aliphatic carbocycles. The number of aliphatic hydroxyl groups is 4. The first kappa shape index (κ1) is 25.6. The fourth-order valence-corrected chi connectivity index (χ4v) is 3.42. The molecule has 0 aromatic carbocycles. The minimum absolute atomic E-state index is 0. The van der Waals surface area contributed by atoms with Gasteiger partial charge in [0.15, 0.2) is 12.6 Å². The van der Waals surface area contributed by atoms with Gasteiger partial charge in [0.1, 0.15) is 36.6 Å². The van der Waals surface area contributed by atoms with Gasteiger partial charge >= 0.3 is 29.6 Å². The minimum atomic E-state index is -5.15. The van der Waals surface area contributed by atoms with E-state index in [0.717, 1.165) is 0 Å². The second kappa shape index (κ2) is 10.0. The number of ether oxygens (including phenoxy) is 4. The normalized spacial score (nSPS) is 45.9. The Kier molecular flexibility index (Phi) is 9.51. The first-order valence-corrected chi connectivity index (χ1v) is 9.15. The Bertz CT molecular complexity index is 576. The van der Waals surface area contributed by atoms with Gasteiger partial charge in [-0.3, -0.25) is 4.18 Å². The maximum Gasteiger partial charge on any atom is 1.00 e. The average Bonchev–Trinajstić information content (AvgIpc) is 2.55. The van der Waals surface area contributed by atoms with Gasteiger partial charge in [0, 0.05) is 7.11 Å². The molecule has 0 saturated carbocycles. The SMILES string of the molecule is CO[C@@H]1O[C@@H](C)[C@@H](OS(=O)(=O)[O-])[C@@H](O)[C@@H]1O[C@@H]1O[C@@H](C)[C@@H](O)[C@@H](O)[C@@H]1O.[Na+]. The maximum absolute atomic E-state index is 10.9. The number of hydrogen-bond donors (Lipinski definition) is 4. The van der Waals surface area contributed by atoms with E-state index in [-0.39, 0.29) is 29.6 Å². The average molecular weight is 426 g/mol. The van der Waals surface area contributed by atoms with E-state index in [4.69, 9.17) is 18.9 Å². The van der Waals surface area contributed by atoms with Crippen molar-refractivity contribution in [1.82, 2.24) is 0 Å². The first-order valence-electron chi connectivity index (χ1n) is 7.81. The summed E-state index contributed by atoms with van der Waals surface area (Å²) < 4.78 is 58.0. The van der Waals surface area contributed by atoms with E-state index < -0.39 is 71.8 Å². The number of hydrogen-bond acceptors (Lipinski definition) is 12. The Balaban J connectivity index is 0.00000364. The van der Waals surface area contributed by atoms with Crippen LogP contribution in [0, 0.1) is 0 Å². The van der Waals surface area contributed by atoms with Gasteiger partial charge in [-0.25, -0.2) is 8.42 Å². The van der Waals surface area contributed by atoms with Crippen molar-refractivity contribution >= 4 is 10.4 Å². The molecule has 2 saturated heterocycles. The Labute approximate surface area is 178 Å². The van der Waals surface area contributed by atoms with Crippen LogP contribution in [0.2, 0.25) is 0 Å². The third kappa shape index (κ3) is 6.02. The molecular weight excluding hydrogens is 403 g/mol. The Morgan fingerprint density at radius 2 is 1.41 bits per heavy atom. The fourth-order valence-electron chi connectivity index (χ4n) is 2.88. The summed E-state index contributed by atoms with van der Waals surface area (Å²) in [6.07, 6.45) is -14.0. The number of rotatable bonds is 5. The Hall–Kier alpha value is 0.550. The summed E-state index contributed by atoms with van der Waals surface area (Å²) in [6, 6.07) is 0. The van der Waals surface area contributed by atoms with Gasteiger partial charge in [0.05, 0.1) is 12.2 Å². The van der Waals surface area contributed by atoms with Gasteiger partial charge in [0.2, 0.25) is 10.4 Å². The van der Waals surface area contributed by atoms with E-state index in [1.54, 1.807) is 0 Å². The van der Waals surface area contributed by atoms with E-state index >= 15 is 0 Å². The van der Waals surface area contributed by atoms with Gasteiger partial charge in [-0.2, -0.15) is 0 Å². The van der Waals surface area contributed by atoms with E-state index in [1.807, 2.05) is 0 Å². The van der Waals surface area contributed by atoms with E-state index in [0.29, 0.717) is 0 Å². The molecule has 0 spiro atoms. The van der Waals surface area contributed by atoms with Crippen LogP contribution in [0.3, 0.4) is 0 Å². The molecule has 2 rings (SSSR count). The standard InChI is InChI=1S/C13H24O12S.Na/c1-4-6(14)7(15)8(16)12(22-4)24-11-9(17)10(25-26(18,19)20)5(2)23-13(11)21-3;/h4-17H,1-3H3,(H,18,19,20);/q;+1/p-1/t4-,5-,6+,7+,8-,9+,10+,11-,12-,13+;/m0./s1. The molecule has 2 fully saturated rings. The third-order valence-electron chi connectivity index (χ3n) is 4.31. The molecule has 14 heteroatoms. The van der Waals surface area contributed by atoms with Crippen LogP contribution >= 0.6 is 0 Å². The molecule has 0 amide bonds. The van der Waals surface area contributed by atoms with Crippen molar-refractivity contribution in [3.05, 3.63) is 0 Å². The quantitative estimate of drug-likeness (QED) is 0.185. The van der Waals surface area contributed by atoms with Gasteiger partial charge in [-0.15, -0.1) is 0 Å². The molecule has 10 atom stereocenters. The topological polar surface area (TPSA) is 184 Å². The van der Waals surface area contributed by atoms with Crippen molar-refractivity contribution in [3.8, 4) is 0 Å². The molecule has 0 aromatic heterocycles. The zero-order chi connectivity index (χ0) is 19.8. The molecule has 0 aromatic rings. The van der Waals surface area contributed by atoms with Crippen molar-refractivity contribution in [2.24, 2.45) is 0 Å². The Morgan fingerprint density at radius 1 is 0.852 bits per heavy atom. The monoisotopic (exact) mass is 426 g/mol. The zero-order valence-corrected chi connectivity index (χ0v) is 18.1. The van der Waals surface area contributed by atoms with Crippen molar-refractivity contribution in [2.75, 3.05) is 7.11 Å². The summed E-state index contributed by atoms with van der Waals surface area (Å²) in [5.74, 6) is 0. The van der Waals surface area contributed by atoms with Gasteiger partial charge < -0.3 is 43.9 Å². The Morgan fingerprint density at radius 3 is 1.93 bits per heavy atom. The zero-order valence-electron chi connectivity index (χ0n) is 15.2. The fraction of sp³-hybridized carbons (Fsp3) is 1.00. The molecule has 0 radical (unpaired) electrons. The second-order valence-electron chi connectivity index (χ2n) is 6.19. The van der Waals surface area contributed by atoms with Crippen LogP contribution in [0.5, 0.6) is 0 Å². The van der Waals surface area contributed by atoms with Crippen LogP contribution in [-0.4, -0.2) is 102 Å². The molecule has 2 heterocycles. The molecule has 12 nitrogen and oxygen atoms in total. The van der Waals surface area contributed by atoms with Crippen LogP contribution in [0.4, 0.5) is 0 Å². The summed E-state index contributed by atoms with van der Waals surface area (Å²) in [5, 5.41) is 39.9. The minimum Gasteiger partial charge on any atom is -0.726 e. The molecule has 0 unspecified atom stereocenters. The maximum atomic E-state index is 10.9. The number of aliphatic hydroxyl groups excluding tert-OH is 4. The van der Waals surface area contributed by atoms with Crippen LogP contribution in [0.1, 0.15) is 13.8 Å². The van der Waals surface area contributed by atoms with Crippen LogP contribution in [-0.2, 0) is 33.5 Å². The molecule has 4 N–H and O–H groups in total. The van der Waals surface area contributed by atoms with Crippen molar-refractivity contribution in [1.29, 1.82) is 0 Å². The van der Waals surface area contributed by atoms with E-state index in [1.165, 1.54) is 21.0 Å². The van der Waals surface area contributed by atoms with Crippen LogP contribution in [0.25, 0.3) is 0 Å². The summed E-state index contributed by atoms with van der Waals surface area (Å²) in [7, 11) is -3.92. The summed E-state index contributed by atoms with van der Waals surface area (Å²) in [6.45, 7) is 2.78. The smallest absolute Gasteiger partial charge is 0.726 e. The molecule has 2 aliphatic rings. The predicted molar refractivity (Wildman–Crippen MR) is 79.1 cm³/mol. The van der Waals surface area contributed by atoms with Crippen molar-refractivity contribution < 1.29 is 86.1 Å². The van der Waals surface area contributed by atoms with Crippen molar-refractivity contribution in [2.45, 2.75) is 75.3 Å². The van der Waals surface area contributed by atoms with Crippen LogP contribution < -0.4 is 29.6 Å². The predicted octanol–water partition coefficient (Wildman–Crippen LogP) is -6.20. The van der Waals surface area contributed by atoms with E-state index in [9.17, 15) is 33.4 Å². The van der Waals surface area contributed by atoms with Gasteiger partial charge in [0.25, 0.3) is 0 Å². The largest absolute Gasteiger partial charge is 1.00 e. The summed E-state index contributed by atoms with van der Waals surface area (Å²) in [5.41, 5.74) is 0. The molecule has 0 bridgehead atoms. The van der Waals surface area contributed by atoms with E-state index in [2.05, 4.69) is 4.18 Å². The molecule has 2 aliphatic heterocycles. The molecule has 154 valence electrons. The van der Waals surface area contributed by atoms with Crippen LogP contribution in [0.15, 0.2) is 0 Å². The van der Waals surface area contributed by atoms with Gasteiger partial charge in [-0.05, 0) is 13.8 Å². The number of methoxy groups -OCH3 is 1. The molecule has 27 heavy (non-hydrogen) atoms. The summed E-state index contributed by atoms with van der Waals surface area (Å²) in [4.78, 5) is 0. The van der Waals surface area contributed by atoms with Gasteiger partial charge in [-0.1, -0.05) is 0 Å². The molecular formula is C13H23NaO12S.